The van der Waals surface area contributed by atoms with Crippen LogP contribution in [0.5, 0.6) is 0 Å². The van der Waals surface area contributed by atoms with Crippen LogP contribution in [0.2, 0.25) is 5.02 Å². The van der Waals surface area contributed by atoms with Crippen LogP contribution in [0.4, 0.5) is 16.2 Å². The molecule has 1 aliphatic carbocycles. The van der Waals surface area contributed by atoms with E-state index in [4.69, 9.17) is 16.3 Å². The second-order valence-corrected chi connectivity index (χ2v) is 11.6. The van der Waals surface area contributed by atoms with Crippen molar-refractivity contribution in [2.24, 2.45) is 0 Å². The Morgan fingerprint density at radius 1 is 1.11 bits per heavy atom. The average molecular weight is 506 g/mol. The quantitative estimate of drug-likeness (QED) is 0.449. The van der Waals surface area contributed by atoms with Crippen molar-refractivity contribution >= 4 is 35.0 Å². The molecular weight excluding hydrogens is 474 g/mol. The second-order valence-electron chi connectivity index (χ2n) is 11.2. The van der Waals surface area contributed by atoms with Gasteiger partial charge in [-0.05, 0) is 81.7 Å². The van der Waals surface area contributed by atoms with Gasteiger partial charge >= 0.3 is 6.09 Å². The van der Waals surface area contributed by atoms with Crippen molar-refractivity contribution < 1.29 is 14.3 Å². The molecule has 1 saturated heterocycles. The Morgan fingerprint density at radius 2 is 1.81 bits per heavy atom. The van der Waals surface area contributed by atoms with Gasteiger partial charge in [-0.15, -0.1) is 0 Å². The minimum Gasteiger partial charge on any atom is -0.444 e. The van der Waals surface area contributed by atoms with E-state index in [1.165, 1.54) is 0 Å². The van der Waals surface area contributed by atoms with E-state index < -0.39 is 11.0 Å². The molecule has 1 spiro atoms. The standard InChI is InChI=1S/C29H32ClN3O3/c1-28(2,3)36-27(35)32-15-11-19(12-16-32)20-9-10-22-25(17-20)33(26(34)29(22)13-4-5-14-29)24-8-6-7-23(30)21(24)18-31/h6-10,17,19H,4-5,11-16H2,1-3H3. The van der Waals surface area contributed by atoms with Gasteiger partial charge in [0, 0.05) is 13.1 Å². The summed E-state index contributed by atoms with van der Waals surface area (Å²) in [6, 6.07) is 13.9. The lowest BCUT2D eigenvalue weighted by Gasteiger charge is -2.34. The summed E-state index contributed by atoms with van der Waals surface area (Å²) in [5.74, 6) is 0.325. The molecule has 0 N–H and O–H groups in total. The highest BCUT2D eigenvalue weighted by atomic mass is 35.5. The highest BCUT2D eigenvalue weighted by Crippen LogP contribution is 2.54. The van der Waals surface area contributed by atoms with E-state index in [1.54, 1.807) is 21.9 Å². The largest absolute Gasteiger partial charge is 0.444 e. The van der Waals surface area contributed by atoms with Crippen LogP contribution >= 0.6 is 11.6 Å². The van der Waals surface area contributed by atoms with E-state index in [0.717, 1.165) is 55.3 Å². The average Bonchev–Trinajstić information content (AvgIpc) is 3.42. The van der Waals surface area contributed by atoms with E-state index in [2.05, 4.69) is 24.3 Å². The molecule has 3 aliphatic rings. The summed E-state index contributed by atoms with van der Waals surface area (Å²) in [5, 5.41) is 10.2. The summed E-state index contributed by atoms with van der Waals surface area (Å²) >= 11 is 6.36. The number of hydrogen-bond donors (Lipinski definition) is 0. The first-order chi connectivity index (χ1) is 17.1. The maximum absolute atomic E-state index is 14.0. The van der Waals surface area contributed by atoms with Crippen LogP contribution in [0.1, 0.15) is 81.9 Å². The van der Waals surface area contributed by atoms with Crippen molar-refractivity contribution in [3.8, 4) is 6.07 Å². The second kappa shape index (κ2) is 9.12. The molecule has 1 saturated carbocycles. The van der Waals surface area contributed by atoms with E-state index in [0.29, 0.717) is 29.4 Å². The number of piperidine rings is 1. The van der Waals surface area contributed by atoms with Crippen molar-refractivity contribution in [3.05, 3.63) is 58.1 Å². The van der Waals surface area contributed by atoms with Gasteiger partial charge in [0.1, 0.15) is 11.7 Å². The first-order valence-electron chi connectivity index (χ1n) is 12.8. The number of carbonyl (C=O) groups excluding carboxylic acids is 2. The van der Waals surface area contributed by atoms with Gasteiger partial charge in [-0.25, -0.2) is 4.79 Å². The molecule has 2 fully saturated rings. The zero-order chi connectivity index (χ0) is 25.7. The first kappa shape index (κ1) is 24.6. The maximum atomic E-state index is 14.0. The molecule has 0 radical (unpaired) electrons. The molecule has 36 heavy (non-hydrogen) atoms. The Bertz CT molecular complexity index is 1250. The molecule has 2 aromatic carbocycles. The lowest BCUT2D eigenvalue weighted by Crippen LogP contribution is -2.41. The first-order valence-corrected chi connectivity index (χ1v) is 13.2. The van der Waals surface area contributed by atoms with Gasteiger partial charge in [0.2, 0.25) is 5.91 Å². The zero-order valence-corrected chi connectivity index (χ0v) is 21.9. The number of halogens is 1. The Balaban J connectivity index is 1.47. The smallest absolute Gasteiger partial charge is 0.410 e. The highest BCUT2D eigenvalue weighted by Gasteiger charge is 2.53. The molecule has 188 valence electrons. The van der Waals surface area contributed by atoms with Crippen LogP contribution in [0, 0.1) is 11.3 Å². The topological polar surface area (TPSA) is 73.6 Å². The van der Waals surface area contributed by atoms with Gasteiger partial charge in [-0.1, -0.05) is 42.6 Å². The number of benzene rings is 2. The van der Waals surface area contributed by atoms with Crippen molar-refractivity contribution in [2.75, 3.05) is 18.0 Å². The number of rotatable bonds is 2. The molecule has 2 aliphatic heterocycles. The van der Waals surface area contributed by atoms with E-state index in [-0.39, 0.29) is 17.9 Å². The van der Waals surface area contributed by atoms with Gasteiger partial charge < -0.3 is 9.64 Å². The highest BCUT2D eigenvalue weighted by molar-refractivity contribution is 6.32. The molecule has 0 atom stereocenters. The third-order valence-corrected chi connectivity index (χ3v) is 8.13. The normalized spacial score (nSPS) is 19.5. The molecule has 0 aromatic heterocycles. The maximum Gasteiger partial charge on any atom is 0.410 e. The fraction of sp³-hybridized carbons (Fsp3) is 0.483. The predicted molar refractivity (Wildman–Crippen MR) is 140 cm³/mol. The SMILES string of the molecule is CC(C)(C)OC(=O)N1CCC(c2ccc3c(c2)N(c2cccc(Cl)c2C#N)C(=O)C32CCCC2)CC1. The van der Waals surface area contributed by atoms with Crippen LogP contribution in [-0.2, 0) is 14.9 Å². The van der Waals surface area contributed by atoms with Crippen LogP contribution in [-0.4, -0.2) is 35.6 Å². The summed E-state index contributed by atoms with van der Waals surface area (Å²) in [6.07, 6.45) is 5.08. The third kappa shape index (κ3) is 4.14. The fourth-order valence-electron chi connectivity index (χ4n) is 6.06. The predicted octanol–water partition coefficient (Wildman–Crippen LogP) is 6.82. The Morgan fingerprint density at radius 3 is 2.44 bits per heavy atom. The van der Waals surface area contributed by atoms with Crippen molar-refractivity contribution in [2.45, 2.75) is 76.2 Å². The number of nitrogens with zero attached hydrogens (tertiary/aromatic N) is 3. The Hall–Kier alpha value is -3.04. The van der Waals surface area contributed by atoms with Gasteiger partial charge in [0.25, 0.3) is 0 Å². The minimum absolute atomic E-state index is 0.0469. The number of fused-ring (bicyclic) bond motifs is 2. The number of hydrogen-bond acceptors (Lipinski definition) is 4. The summed E-state index contributed by atoms with van der Waals surface area (Å²) in [7, 11) is 0. The van der Waals surface area contributed by atoms with Crippen molar-refractivity contribution in [1.29, 1.82) is 5.26 Å². The Kier molecular flexibility index (Phi) is 6.24. The summed E-state index contributed by atoms with van der Waals surface area (Å²) in [6.45, 7) is 6.91. The minimum atomic E-state index is -0.525. The molecular formula is C29H32ClN3O3. The van der Waals surface area contributed by atoms with Gasteiger partial charge in [0.15, 0.2) is 0 Å². The number of amides is 2. The lowest BCUT2D eigenvalue weighted by molar-refractivity contribution is -0.122. The van der Waals surface area contributed by atoms with Gasteiger partial charge in [0.05, 0.1) is 27.4 Å². The number of nitriles is 1. The summed E-state index contributed by atoms with van der Waals surface area (Å²) < 4.78 is 5.54. The fourth-order valence-corrected chi connectivity index (χ4v) is 6.28. The van der Waals surface area contributed by atoms with Crippen LogP contribution < -0.4 is 4.90 Å². The molecule has 0 unspecified atom stereocenters. The van der Waals surface area contributed by atoms with E-state index >= 15 is 0 Å². The summed E-state index contributed by atoms with van der Waals surface area (Å²) in [4.78, 5) is 30.0. The number of ether oxygens (including phenoxy) is 1. The molecule has 2 heterocycles. The van der Waals surface area contributed by atoms with Crippen molar-refractivity contribution in [3.63, 3.8) is 0 Å². The van der Waals surface area contributed by atoms with Crippen LogP contribution in [0.25, 0.3) is 0 Å². The van der Waals surface area contributed by atoms with Crippen LogP contribution in [0.15, 0.2) is 36.4 Å². The number of anilines is 2. The van der Waals surface area contributed by atoms with Gasteiger partial charge in [-0.2, -0.15) is 5.26 Å². The molecule has 5 rings (SSSR count). The molecule has 2 amide bonds. The Labute approximate surface area is 217 Å². The van der Waals surface area contributed by atoms with E-state index in [1.807, 2.05) is 26.8 Å². The zero-order valence-electron chi connectivity index (χ0n) is 21.1. The third-order valence-electron chi connectivity index (χ3n) is 7.81. The molecule has 7 heteroatoms. The molecule has 2 aromatic rings. The van der Waals surface area contributed by atoms with Gasteiger partial charge in [-0.3, -0.25) is 9.69 Å². The van der Waals surface area contributed by atoms with Crippen molar-refractivity contribution in [1.82, 2.24) is 4.90 Å². The number of likely N-dealkylation sites (tertiary alicyclic amines) is 1. The monoisotopic (exact) mass is 505 g/mol. The van der Waals surface area contributed by atoms with Crippen LogP contribution in [0.3, 0.4) is 0 Å². The lowest BCUT2D eigenvalue weighted by atomic mass is 9.79. The van der Waals surface area contributed by atoms with E-state index in [9.17, 15) is 14.9 Å². The molecule has 0 bridgehead atoms. The molecule has 6 nitrogen and oxygen atoms in total. The number of carbonyl (C=O) groups is 2. The summed E-state index contributed by atoms with van der Waals surface area (Å²) in [5.41, 5.74) is 2.93.